The molecule has 2 atom stereocenters. The lowest BCUT2D eigenvalue weighted by Gasteiger charge is -2.22. The van der Waals surface area contributed by atoms with Gasteiger partial charge in [-0.25, -0.2) is 9.78 Å². The molecule has 1 aliphatic heterocycles. The topological polar surface area (TPSA) is 143 Å². The predicted octanol–water partition coefficient (Wildman–Crippen LogP) is -0.404. The standard InChI is InChI=1S/C10H12N4O5/c11-9-6(14(18)19)1-2-8(12-9)13-4-5(15)3-7(13)10(16)17/h1-2,5,7,15H,3-4H2,(H2,11,12)(H,16,17). The van der Waals surface area contributed by atoms with Gasteiger partial charge >= 0.3 is 11.7 Å². The van der Waals surface area contributed by atoms with E-state index in [2.05, 4.69) is 4.98 Å². The number of nitrogens with zero attached hydrogens (tertiary/aromatic N) is 3. The maximum absolute atomic E-state index is 11.1. The van der Waals surface area contributed by atoms with Crippen LogP contribution in [0.1, 0.15) is 6.42 Å². The van der Waals surface area contributed by atoms with Crippen LogP contribution in [-0.4, -0.2) is 44.8 Å². The Kier molecular flexibility index (Phi) is 3.21. The van der Waals surface area contributed by atoms with E-state index in [0.29, 0.717) is 0 Å². The monoisotopic (exact) mass is 268 g/mol. The molecule has 9 heteroatoms. The van der Waals surface area contributed by atoms with Gasteiger partial charge in [-0.15, -0.1) is 0 Å². The van der Waals surface area contributed by atoms with Crippen molar-refractivity contribution in [2.75, 3.05) is 17.2 Å². The van der Waals surface area contributed by atoms with Crippen LogP contribution >= 0.6 is 0 Å². The van der Waals surface area contributed by atoms with E-state index in [1.165, 1.54) is 17.0 Å². The average Bonchev–Trinajstić information content (AvgIpc) is 2.70. The highest BCUT2D eigenvalue weighted by atomic mass is 16.6. The molecule has 0 bridgehead atoms. The van der Waals surface area contributed by atoms with Crippen LogP contribution in [0.25, 0.3) is 0 Å². The molecule has 2 unspecified atom stereocenters. The maximum atomic E-state index is 11.1. The Labute approximate surface area is 107 Å². The fourth-order valence-corrected chi connectivity index (χ4v) is 2.07. The summed E-state index contributed by atoms with van der Waals surface area (Å²) in [5.74, 6) is -1.17. The highest BCUT2D eigenvalue weighted by Gasteiger charge is 2.37. The number of carbonyl (C=O) groups is 1. The fraction of sp³-hybridized carbons (Fsp3) is 0.400. The van der Waals surface area contributed by atoms with E-state index in [4.69, 9.17) is 10.8 Å². The van der Waals surface area contributed by atoms with Crippen LogP contribution in [0, 0.1) is 10.1 Å². The second kappa shape index (κ2) is 4.69. The Balaban J connectivity index is 2.34. The Bertz CT molecular complexity index is 535. The molecule has 1 aromatic rings. The molecular formula is C10H12N4O5. The van der Waals surface area contributed by atoms with Gasteiger partial charge in [0, 0.05) is 19.0 Å². The lowest BCUT2D eigenvalue weighted by molar-refractivity contribution is -0.384. The fourth-order valence-electron chi connectivity index (χ4n) is 2.07. The molecule has 1 saturated heterocycles. The number of carboxylic acids is 1. The molecule has 1 aliphatic rings. The summed E-state index contributed by atoms with van der Waals surface area (Å²) in [6.45, 7) is 0.0984. The second-order valence-electron chi connectivity index (χ2n) is 4.23. The minimum absolute atomic E-state index is 0.0773. The first-order valence-corrected chi connectivity index (χ1v) is 5.48. The third-order valence-electron chi connectivity index (χ3n) is 2.94. The van der Waals surface area contributed by atoms with Gasteiger partial charge in [0.05, 0.1) is 11.0 Å². The molecule has 9 nitrogen and oxygen atoms in total. The number of aliphatic hydroxyl groups is 1. The zero-order valence-electron chi connectivity index (χ0n) is 9.76. The molecule has 0 aliphatic carbocycles. The molecule has 102 valence electrons. The van der Waals surface area contributed by atoms with Crippen LogP contribution < -0.4 is 10.6 Å². The molecule has 0 radical (unpaired) electrons. The first-order chi connectivity index (χ1) is 8.90. The average molecular weight is 268 g/mol. The van der Waals surface area contributed by atoms with Crippen LogP contribution in [0.3, 0.4) is 0 Å². The van der Waals surface area contributed by atoms with Crippen LogP contribution in [0.15, 0.2) is 12.1 Å². The summed E-state index contributed by atoms with van der Waals surface area (Å²) in [6, 6.07) is 1.58. The van der Waals surface area contributed by atoms with Gasteiger partial charge in [-0.3, -0.25) is 10.1 Å². The Morgan fingerprint density at radius 2 is 2.26 bits per heavy atom. The molecule has 0 spiro atoms. The van der Waals surface area contributed by atoms with E-state index < -0.39 is 23.0 Å². The molecule has 2 rings (SSSR count). The Hall–Kier alpha value is -2.42. The molecule has 0 saturated carbocycles. The number of nitrogens with two attached hydrogens (primary N) is 1. The highest BCUT2D eigenvalue weighted by Crippen LogP contribution is 2.28. The zero-order chi connectivity index (χ0) is 14.2. The van der Waals surface area contributed by atoms with Gasteiger partial charge in [0.1, 0.15) is 11.9 Å². The summed E-state index contributed by atoms with van der Waals surface area (Å²) in [4.78, 5) is 26.2. The number of aromatic nitrogens is 1. The normalized spacial score (nSPS) is 22.5. The van der Waals surface area contributed by atoms with Crippen molar-refractivity contribution in [1.82, 2.24) is 4.98 Å². The van der Waals surface area contributed by atoms with Crippen molar-refractivity contribution in [3.8, 4) is 0 Å². The third kappa shape index (κ3) is 2.40. The van der Waals surface area contributed by atoms with Crippen LogP contribution in [0.2, 0.25) is 0 Å². The second-order valence-corrected chi connectivity index (χ2v) is 4.23. The Morgan fingerprint density at radius 1 is 1.58 bits per heavy atom. The van der Waals surface area contributed by atoms with Crippen molar-refractivity contribution in [3.05, 3.63) is 22.2 Å². The van der Waals surface area contributed by atoms with Gasteiger partial charge < -0.3 is 20.8 Å². The van der Waals surface area contributed by atoms with Crippen molar-refractivity contribution in [2.45, 2.75) is 18.6 Å². The summed E-state index contributed by atoms with van der Waals surface area (Å²) in [5.41, 5.74) is 5.12. The van der Waals surface area contributed by atoms with Crippen LogP contribution in [0.5, 0.6) is 0 Å². The van der Waals surface area contributed by atoms with E-state index in [1.54, 1.807) is 0 Å². The van der Waals surface area contributed by atoms with Gasteiger partial charge in [-0.2, -0.15) is 0 Å². The lowest BCUT2D eigenvalue weighted by atomic mass is 10.2. The number of rotatable bonds is 3. The summed E-state index contributed by atoms with van der Waals surface area (Å²) < 4.78 is 0. The quantitative estimate of drug-likeness (QED) is 0.496. The van der Waals surface area contributed by atoms with E-state index in [0.717, 1.165) is 0 Å². The first-order valence-electron chi connectivity index (χ1n) is 5.48. The molecule has 1 aromatic heterocycles. The van der Waals surface area contributed by atoms with Crippen LogP contribution in [-0.2, 0) is 4.79 Å². The molecule has 1 fully saturated rings. The van der Waals surface area contributed by atoms with Gasteiger partial charge in [-0.1, -0.05) is 0 Å². The van der Waals surface area contributed by atoms with Crippen molar-refractivity contribution >= 4 is 23.3 Å². The van der Waals surface area contributed by atoms with Gasteiger partial charge in [0.15, 0.2) is 0 Å². The number of β-amino-alcohol motifs (C(OH)–C–C–N with tert-alkyl or cyclic N) is 1. The minimum atomic E-state index is -1.09. The zero-order valence-corrected chi connectivity index (χ0v) is 9.76. The number of hydrogen-bond donors (Lipinski definition) is 3. The number of aliphatic carboxylic acids is 1. The smallest absolute Gasteiger partial charge is 0.326 e. The van der Waals surface area contributed by atoms with E-state index in [9.17, 15) is 20.0 Å². The van der Waals surface area contributed by atoms with Crippen molar-refractivity contribution in [3.63, 3.8) is 0 Å². The summed E-state index contributed by atoms with van der Waals surface area (Å²) in [5, 5.41) is 29.2. The number of anilines is 2. The number of carboxylic acid groups (broad SMARTS) is 1. The third-order valence-corrected chi connectivity index (χ3v) is 2.94. The highest BCUT2D eigenvalue weighted by molar-refractivity contribution is 5.79. The minimum Gasteiger partial charge on any atom is -0.480 e. The van der Waals surface area contributed by atoms with E-state index in [-0.39, 0.29) is 30.3 Å². The SMILES string of the molecule is Nc1nc(N2CC(O)CC2C(=O)O)ccc1[N+](=O)[O-]. The van der Waals surface area contributed by atoms with Gasteiger partial charge in [0.25, 0.3) is 0 Å². The summed E-state index contributed by atoms with van der Waals surface area (Å²) >= 11 is 0. The Morgan fingerprint density at radius 3 is 2.79 bits per heavy atom. The van der Waals surface area contributed by atoms with E-state index >= 15 is 0 Å². The summed E-state index contributed by atoms with van der Waals surface area (Å²) in [6.07, 6.45) is -0.701. The van der Waals surface area contributed by atoms with Crippen molar-refractivity contribution in [2.24, 2.45) is 0 Å². The number of nitro groups is 1. The first kappa shape index (κ1) is 13.0. The molecule has 19 heavy (non-hydrogen) atoms. The number of pyridine rings is 1. The number of aliphatic hydroxyl groups excluding tert-OH is 1. The maximum Gasteiger partial charge on any atom is 0.326 e. The summed E-state index contributed by atoms with van der Waals surface area (Å²) in [7, 11) is 0. The molecule has 0 aromatic carbocycles. The van der Waals surface area contributed by atoms with Crippen LogP contribution in [0.4, 0.5) is 17.3 Å². The molecular weight excluding hydrogens is 256 g/mol. The largest absolute Gasteiger partial charge is 0.480 e. The van der Waals surface area contributed by atoms with E-state index in [1.807, 2.05) is 0 Å². The number of hydrogen-bond acceptors (Lipinski definition) is 7. The van der Waals surface area contributed by atoms with Crippen molar-refractivity contribution < 1.29 is 19.9 Å². The van der Waals surface area contributed by atoms with Gasteiger partial charge in [-0.05, 0) is 6.07 Å². The predicted molar refractivity (Wildman–Crippen MR) is 64.7 cm³/mol. The molecule has 0 amide bonds. The molecule has 2 heterocycles. The van der Waals surface area contributed by atoms with Crippen molar-refractivity contribution in [1.29, 1.82) is 0 Å². The van der Waals surface area contributed by atoms with Gasteiger partial charge in [0.2, 0.25) is 5.82 Å². The lowest BCUT2D eigenvalue weighted by Crippen LogP contribution is -2.36. The number of nitrogen functional groups attached to an aromatic ring is 1. The molecule has 4 N–H and O–H groups in total.